The van der Waals surface area contributed by atoms with Crippen molar-refractivity contribution in [2.24, 2.45) is 0 Å². The number of benzene rings is 2. The fourth-order valence-corrected chi connectivity index (χ4v) is 3.56. The third-order valence-electron chi connectivity index (χ3n) is 5.08. The second-order valence-electron chi connectivity index (χ2n) is 6.97. The monoisotopic (exact) mass is 358 g/mol. The minimum Gasteiger partial charge on any atom is -0.356 e. The molecular formula is C23H26N4. The van der Waals surface area contributed by atoms with Crippen molar-refractivity contribution in [2.45, 2.75) is 26.3 Å². The lowest BCUT2D eigenvalue weighted by molar-refractivity contribution is 0.787. The zero-order valence-corrected chi connectivity index (χ0v) is 15.9. The Hall–Kier alpha value is -2.88. The summed E-state index contributed by atoms with van der Waals surface area (Å²) in [6, 6.07) is 23.1. The summed E-state index contributed by atoms with van der Waals surface area (Å²) in [5.41, 5.74) is 3.40. The number of nitrogens with zero attached hydrogens (tertiary/aromatic N) is 4. The molecule has 27 heavy (non-hydrogen) atoms. The van der Waals surface area contributed by atoms with Gasteiger partial charge in [-0.1, -0.05) is 60.7 Å². The minimum absolute atomic E-state index is 0.810. The number of hydrogen-bond acceptors (Lipinski definition) is 4. The Morgan fingerprint density at radius 2 is 1.56 bits per heavy atom. The lowest BCUT2D eigenvalue weighted by Crippen LogP contribution is -2.26. The van der Waals surface area contributed by atoms with Gasteiger partial charge in [0.15, 0.2) is 0 Å². The zero-order valence-electron chi connectivity index (χ0n) is 15.9. The fraction of sp³-hybridized carbons (Fsp3) is 0.304. The number of anilines is 2. The van der Waals surface area contributed by atoms with E-state index in [-0.39, 0.29) is 0 Å². The highest BCUT2D eigenvalue weighted by Gasteiger charge is 2.18. The van der Waals surface area contributed by atoms with Gasteiger partial charge in [0, 0.05) is 37.8 Å². The summed E-state index contributed by atoms with van der Waals surface area (Å²) >= 11 is 0. The van der Waals surface area contributed by atoms with Crippen LogP contribution in [0.4, 0.5) is 11.8 Å². The SMILES string of the molecule is CCN(Cc1ccccc1)c1nc(-c2ccccc2)cc(N2CCCC2)n1. The molecule has 2 aromatic carbocycles. The van der Waals surface area contributed by atoms with Crippen molar-refractivity contribution in [2.75, 3.05) is 29.4 Å². The summed E-state index contributed by atoms with van der Waals surface area (Å²) in [5.74, 6) is 1.85. The molecule has 138 valence electrons. The maximum Gasteiger partial charge on any atom is 0.228 e. The fourth-order valence-electron chi connectivity index (χ4n) is 3.56. The standard InChI is InChI=1S/C23H26N4/c1-2-26(18-19-11-5-3-6-12-19)23-24-21(20-13-7-4-8-14-20)17-22(25-23)27-15-9-10-16-27/h3-8,11-14,17H,2,9-10,15-16,18H2,1H3. The summed E-state index contributed by atoms with van der Waals surface area (Å²) in [6.07, 6.45) is 2.48. The van der Waals surface area contributed by atoms with E-state index in [0.717, 1.165) is 49.2 Å². The van der Waals surface area contributed by atoms with Crippen LogP contribution in [-0.2, 0) is 6.54 Å². The first-order chi connectivity index (χ1) is 13.3. The van der Waals surface area contributed by atoms with Gasteiger partial charge in [0.2, 0.25) is 5.95 Å². The van der Waals surface area contributed by atoms with Crippen molar-refractivity contribution in [1.29, 1.82) is 0 Å². The van der Waals surface area contributed by atoms with Gasteiger partial charge < -0.3 is 9.80 Å². The highest BCUT2D eigenvalue weighted by atomic mass is 15.3. The average Bonchev–Trinajstić information content (AvgIpc) is 3.28. The largest absolute Gasteiger partial charge is 0.356 e. The zero-order chi connectivity index (χ0) is 18.5. The molecular weight excluding hydrogens is 332 g/mol. The molecule has 0 aliphatic carbocycles. The third kappa shape index (κ3) is 4.11. The van der Waals surface area contributed by atoms with Crippen LogP contribution >= 0.6 is 0 Å². The molecule has 1 aliphatic rings. The Balaban J connectivity index is 1.72. The van der Waals surface area contributed by atoms with Crippen molar-refractivity contribution >= 4 is 11.8 Å². The molecule has 0 atom stereocenters. The Labute approximate surface area is 161 Å². The van der Waals surface area contributed by atoms with E-state index < -0.39 is 0 Å². The highest BCUT2D eigenvalue weighted by molar-refractivity contribution is 5.65. The van der Waals surface area contributed by atoms with Crippen molar-refractivity contribution in [1.82, 2.24) is 9.97 Å². The molecule has 4 nitrogen and oxygen atoms in total. The lowest BCUT2D eigenvalue weighted by atomic mass is 10.1. The summed E-state index contributed by atoms with van der Waals surface area (Å²) in [7, 11) is 0. The minimum atomic E-state index is 0.810. The first kappa shape index (κ1) is 17.5. The van der Waals surface area contributed by atoms with Gasteiger partial charge >= 0.3 is 0 Å². The highest BCUT2D eigenvalue weighted by Crippen LogP contribution is 2.27. The molecule has 1 aliphatic heterocycles. The van der Waals surface area contributed by atoms with E-state index in [0.29, 0.717) is 0 Å². The van der Waals surface area contributed by atoms with Crippen molar-refractivity contribution in [3.05, 3.63) is 72.3 Å². The smallest absolute Gasteiger partial charge is 0.228 e. The molecule has 4 heteroatoms. The van der Waals surface area contributed by atoms with Gasteiger partial charge in [-0.15, -0.1) is 0 Å². The molecule has 1 saturated heterocycles. The molecule has 3 aromatic rings. The van der Waals surface area contributed by atoms with Crippen LogP contribution in [0.15, 0.2) is 66.7 Å². The maximum atomic E-state index is 4.95. The molecule has 0 amide bonds. The second-order valence-corrected chi connectivity index (χ2v) is 6.97. The van der Waals surface area contributed by atoms with E-state index in [2.05, 4.69) is 77.4 Å². The Kier molecular flexibility index (Phi) is 5.33. The van der Waals surface area contributed by atoms with Crippen LogP contribution in [0, 0.1) is 0 Å². The van der Waals surface area contributed by atoms with E-state index in [1.165, 1.54) is 18.4 Å². The number of rotatable bonds is 6. The van der Waals surface area contributed by atoms with Crippen LogP contribution in [0.5, 0.6) is 0 Å². The number of hydrogen-bond donors (Lipinski definition) is 0. The molecule has 0 spiro atoms. The normalized spacial score (nSPS) is 13.7. The van der Waals surface area contributed by atoms with Crippen molar-refractivity contribution in [3.8, 4) is 11.3 Å². The van der Waals surface area contributed by atoms with Gasteiger partial charge in [0.05, 0.1) is 5.69 Å². The van der Waals surface area contributed by atoms with Crippen molar-refractivity contribution < 1.29 is 0 Å². The van der Waals surface area contributed by atoms with Crippen LogP contribution in [0.25, 0.3) is 11.3 Å². The summed E-state index contributed by atoms with van der Waals surface area (Å²) in [6.45, 7) is 6.00. The first-order valence-corrected chi connectivity index (χ1v) is 9.82. The van der Waals surface area contributed by atoms with E-state index in [1.54, 1.807) is 0 Å². The van der Waals surface area contributed by atoms with E-state index in [9.17, 15) is 0 Å². The first-order valence-electron chi connectivity index (χ1n) is 9.82. The Morgan fingerprint density at radius 1 is 0.889 bits per heavy atom. The predicted octanol–water partition coefficient (Wildman–Crippen LogP) is 4.77. The lowest BCUT2D eigenvalue weighted by Gasteiger charge is -2.24. The summed E-state index contributed by atoms with van der Waals surface area (Å²) in [5, 5.41) is 0. The van der Waals surface area contributed by atoms with Gasteiger partial charge in [-0.3, -0.25) is 0 Å². The molecule has 0 unspecified atom stereocenters. The summed E-state index contributed by atoms with van der Waals surface area (Å²) < 4.78 is 0. The molecule has 0 bridgehead atoms. The van der Waals surface area contributed by atoms with Gasteiger partial charge in [0.25, 0.3) is 0 Å². The topological polar surface area (TPSA) is 32.3 Å². The quantitative estimate of drug-likeness (QED) is 0.635. The van der Waals surface area contributed by atoms with Gasteiger partial charge in [-0.2, -0.15) is 4.98 Å². The third-order valence-corrected chi connectivity index (χ3v) is 5.08. The molecule has 1 aromatic heterocycles. The predicted molar refractivity (Wildman–Crippen MR) is 112 cm³/mol. The molecule has 4 rings (SSSR count). The van der Waals surface area contributed by atoms with Gasteiger partial charge in [0.1, 0.15) is 5.82 Å². The molecule has 0 saturated carbocycles. The van der Waals surface area contributed by atoms with Gasteiger partial charge in [-0.25, -0.2) is 4.98 Å². The van der Waals surface area contributed by atoms with E-state index in [4.69, 9.17) is 9.97 Å². The van der Waals surface area contributed by atoms with Crippen LogP contribution in [0.2, 0.25) is 0 Å². The van der Waals surface area contributed by atoms with Crippen LogP contribution < -0.4 is 9.80 Å². The summed E-state index contributed by atoms with van der Waals surface area (Å²) in [4.78, 5) is 14.5. The number of aromatic nitrogens is 2. The Morgan fingerprint density at radius 3 is 2.22 bits per heavy atom. The molecule has 1 fully saturated rings. The maximum absolute atomic E-state index is 4.95. The molecule has 0 radical (unpaired) electrons. The van der Waals surface area contributed by atoms with Crippen LogP contribution in [0.1, 0.15) is 25.3 Å². The second kappa shape index (κ2) is 8.21. The average molecular weight is 358 g/mol. The molecule has 2 heterocycles. The van der Waals surface area contributed by atoms with Crippen molar-refractivity contribution in [3.63, 3.8) is 0 Å². The van der Waals surface area contributed by atoms with Crippen LogP contribution in [-0.4, -0.2) is 29.6 Å². The van der Waals surface area contributed by atoms with E-state index in [1.807, 2.05) is 6.07 Å². The van der Waals surface area contributed by atoms with Gasteiger partial charge in [-0.05, 0) is 25.3 Å². The van der Waals surface area contributed by atoms with Crippen LogP contribution in [0.3, 0.4) is 0 Å². The molecule has 0 N–H and O–H groups in total. The van der Waals surface area contributed by atoms with E-state index >= 15 is 0 Å². The Bertz CT molecular complexity index is 858.